The van der Waals surface area contributed by atoms with E-state index in [-0.39, 0.29) is 0 Å². The van der Waals surface area contributed by atoms with Crippen molar-refractivity contribution in [3.8, 4) is 0 Å². The molecule has 18 heavy (non-hydrogen) atoms. The fourth-order valence-electron chi connectivity index (χ4n) is 2.08. The molecule has 6 nitrogen and oxygen atoms in total. The number of rotatable bonds is 1. The van der Waals surface area contributed by atoms with Crippen LogP contribution in [0, 0.1) is 0 Å². The van der Waals surface area contributed by atoms with Crippen LogP contribution in [0.4, 0.5) is 4.79 Å². The zero-order valence-corrected chi connectivity index (χ0v) is 11.7. The van der Waals surface area contributed by atoms with E-state index in [1.807, 2.05) is 0 Å². The Balaban J connectivity index is 3.01. The van der Waals surface area contributed by atoms with Gasteiger partial charge in [0, 0.05) is 0 Å². The first-order chi connectivity index (χ1) is 7.96. The van der Waals surface area contributed by atoms with Gasteiger partial charge in [0.15, 0.2) is 6.04 Å². The smallest absolute Gasteiger partial charge is 0.413 e. The van der Waals surface area contributed by atoms with E-state index in [1.165, 1.54) is 0 Å². The van der Waals surface area contributed by atoms with Crippen LogP contribution < -0.4 is 0 Å². The quantitative estimate of drug-likeness (QED) is 0.777. The average molecular weight is 259 g/mol. The molecule has 1 rings (SSSR count). The molecule has 0 unspecified atom stereocenters. The van der Waals surface area contributed by atoms with Gasteiger partial charge < -0.3 is 14.6 Å². The number of amides is 1. The lowest BCUT2D eigenvalue weighted by atomic mass is 10.1. The molecule has 0 aliphatic carbocycles. The molecule has 1 N–H and O–H groups in total. The Morgan fingerprint density at radius 3 is 2.22 bits per heavy atom. The second-order valence-corrected chi connectivity index (χ2v) is 5.90. The van der Waals surface area contributed by atoms with E-state index < -0.39 is 35.5 Å². The Labute approximate surface area is 107 Å². The van der Waals surface area contributed by atoms with E-state index in [2.05, 4.69) is 0 Å². The molecule has 2 atom stereocenters. The summed E-state index contributed by atoms with van der Waals surface area (Å²) in [7, 11) is 0. The molecule has 1 amide bonds. The molecule has 0 aromatic carbocycles. The van der Waals surface area contributed by atoms with Crippen LogP contribution in [-0.4, -0.2) is 45.5 Å². The summed E-state index contributed by atoms with van der Waals surface area (Å²) in [6.45, 7) is 10.1. The molecule has 1 aliphatic heterocycles. The van der Waals surface area contributed by atoms with Crippen molar-refractivity contribution in [1.82, 2.24) is 4.90 Å². The number of carbonyl (C=O) groups excluding carboxylic acids is 1. The highest BCUT2D eigenvalue weighted by Crippen LogP contribution is 2.33. The number of aliphatic carboxylic acids is 1. The fraction of sp³-hybridized carbons (Fsp3) is 0.833. The Morgan fingerprint density at radius 1 is 1.33 bits per heavy atom. The maximum absolute atomic E-state index is 12.1. The minimum atomic E-state index is -1.10. The number of carboxylic acid groups (broad SMARTS) is 1. The minimum absolute atomic E-state index is 0.579. The molecule has 0 aromatic rings. The molecular formula is C12H21NO5. The number of hydrogen-bond donors (Lipinski definition) is 1. The number of carbonyl (C=O) groups is 2. The summed E-state index contributed by atoms with van der Waals surface area (Å²) in [6.07, 6.45) is -1.26. The molecule has 1 heterocycles. The van der Waals surface area contributed by atoms with E-state index in [0.717, 1.165) is 4.90 Å². The fourth-order valence-corrected chi connectivity index (χ4v) is 2.08. The Kier molecular flexibility index (Phi) is 3.63. The normalized spacial score (nSPS) is 27.1. The van der Waals surface area contributed by atoms with Gasteiger partial charge in [0.2, 0.25) is 0 Å². The third-order valence-corrected chi connectivity index (χ3v) is 2.62. The molecule has 6 heteroatoms. The number of hydrogen-bond acceptors (Lipinski definition) is 4. The largest absolute Gasteiger partial charge is 0.480 e. The van der Waals surface area contributed by atoms with E-state index in [1.54, 1.807) is 41.5 Å². The standard InChI is InChI=1S/C12H21NO5/c1-7-8(9(14)15)13(12(5,6)17-7)10(16)18-11(2,3)4/h7-8H,1-6H3,(H,14,15)/t7-,8-/m1/s1. The van der Waals surface area contributed by atoms with E-state index in [4.69, 9.17) is 9.47 Å². The van der Waals surface area contributed by atoms with Crippen molar-refractivity contribution in [3.63, 3.8) is 0 Å². The van der Waals surface area contributed by atoms with Crippen LogP contribution in [0.3, 0.4) is 0 Å². The topological polar surface area (TPSA) is 76.1 Å². The lowest BCUT2D eigenvalue weighted by Gasteiger charge is -2.33. The second-order valence-electron chi connectivity index (χ2n) is 5.90. The van der Waals surface area contributed by atoms with Crippen LogP contribution >= 0.6 is 0 Å². The average Bonchev–Trinajstić information content (AvgIpc) is 2.31. The molecule has 104 valence electrons. The summed E-state index contributed by atoms with van der Waals surface area (Å²) in [5, 5.41) is 9.20. The van der Waals surface area contributed by atoms with Gasteiger partial charge in [-0.25, -0.2) is 9.59 Å². The van der Waals surface area contributed by atoms with E-state index in [9.17, 15) is 14.7 Å². The highest BCUT2D eigenvalue weighted by molar-refractivity contribution is 5.82. The minimum Gasteiger partial charge on any atom is -0.480 e. The van der Waals surface area contributed by atoms with Crippen molar-refractivity contribution in [2.24, 2.45) is 0 Å². The third kappa shape index (κ3) is 2.93. The lowest BCUT2D eigenvalue weighted by molar-refractivity contribution is -0.143. The van der Waals surface area contributed by atoms with Gasteiger partial charge in [-0.15, -0.1) is 0 Å². The van der Waals surface area contributed by atoms with Crippen molar-refractivity contribution >= 4 is 12.1 Å². The van der Waals surface area contributed by atoms with Crippen molar-refractivity contribution in [3.05, 3.63) is 0 Å². The maximum Gasteiger partial charge on any atom is 0.413 e. The molecule has 0 radical (unpaired) electrons. The molecule has 1 aliphatic rings. The Morgan fingerprint density at radius 2 is 1.83 bits per heavy atom. The van der Waals surface area contributed by atoms with Crippen LogP contribution in [0.1, 0.15) is 41.5 Å². The number of nitrogens with zero attached hydrogens (tertiary/aromatic N) is 1. The van der Waals surface area contributed by atoms with Crippen LogP contribution in [-0.2, 0) is 14.3 Å². The first-order valence-corrected chi connectivity index (χ1v) is 5.88. The molecule has 0 aromatic heterocycles. The highest BCUT2D eigenvalue weighted by atomic mass is 16.6. The lowest BCUT2D eigenvalue weighted by Crippen LogP contribution is -2.52. The van der Waals surface area contributed by atoms with Gasteiger partial charge in [0.05, 0.1) is 6.10 Å². The summed E-state index contributed by atoms with van der Waals surface area (Å²) >= 11 is 0. The first-order valence-electron chi connectivity index (χ1n) is 5.88. The van der Waals surface area contributed by atoms with Crippen molar-refractivity contribution < 1.29 is 24.2 Å². The van der Waals surface area contributed by atoms with Crippen molar-refractivity contribution in [2.45, 2.75) is 65.0 Å². The molecule has 0 bridgehead atoms. The van der Waals surface area contributed by atoms with E-state index in [0.29, 0.717) is 0 Å². The van der Waals surface area contributed by atoms with Gasteiger partial charge in [0.25, 0.3) is 0 Å². The molecule has 1 fully saturated rings. The Bertz CT molecular complexity index is 358. The summed E-state index contributed by atoms with van der Waals surface area (Å²) in [6, 6.07) is -1.03. The van der Waals surface area contributed by atoms with Gasteiger partial charge in [-0.2, -0.15) is 0 Å². The van der Waals surface area contributed by atoms with Crippen LogP contribution in [0.15, 0.2) is 0 Å². The zero-order chi connectivity index (χ0) is 14.3. The summed E-state index contributed by atoms with van der Waals surface area (Å²) in [5.74, 6) is -1.10. The van der Waals surface area contributed by atoms with Crippen molar-refractivity contribution in [2.75, 3.05) is 0 Å². The summed E-state index contributed by atoms with van der Waals surface area (Å²) in [5.41, 5.74) is -1.67. The SMILES string of the molecule is C[C@H]1OC(C)(C)N(C(=O)OC(C)(C)C)[C@H]1C(=O)O. The number of carboxylic acids is 1. The zero-order valence-electron chi connectivity index (χ0n) is 11.7. The van der Waals surface area contributed by atoms with Gasteiger partial charge in [-0.05, 0) is 41.5 Å². The monoisotopic (exact) mass is 259 g/mol. The summed E-state index contributed by atoms with van der Waals surface area (Å²) in [4.78, 5) is 24.5. The van der Waals surface area contributed by atoms with Gasteiger partial charge >= 0.3 is 12.1 Å². The van der Waals surface area contributed by atoms with Crippen LogP contribution in [0.2, 0.25) is 0 Å². The van der Waals surface area contributed by atoms with Gasteiger partial charge in [-0.3, -0.25) is 4.90 Å². The first kappa shape index (κ1) is 14.8. The number of ether oxygens (including phenoxy) is 2. The van der Waals surface area contributed by atoms with Crippen LogP contribution in [0.25, 0.3) is 0 Å². The molecule has 0 spiro atoms. The second kappa shape index (κ2) is 4.42. The molecular weight excluding hydrogens is 238 g/mol. The maximum atomic E-state index is 12.1. The Hall–Kier alpha value is -1.30. The van der Waals surface area contributed by atoms with Crippen molar-refractivity contribution in [1.29, 1.82) is 0 Å². The van der Waals surface area contributed by atoms with Gasteiger partial charge in [0.1, 0.15) is 11.3 Å². The molecule has 0 saturated carbocycles. The summed E-state index contributed by atoms with van der Waals surface area (Å²) < 4.78 is 10.7. The molecule has 1 saturated heterocycles. The predicted octanol–water partition coefficient (Wildman–Crippen LogP) is 1.83. The van der Waals surface area contributed by atoms with Crippen LogP contribution in [0.5, 0.6) is 0 Å². The highest BCUT2D eigenvalue weighted by Gasteiger charge is 2.52. The predicted molar refractivity (Wildman–Crippen MR) is 64.1 cm³/mol. The third-order valence-electron chi connectivity index (χ3n) is 2.62. The van der Waals surface area contributed by atoms with Gasteiger partial charge in [-0.1, -0.05) is 0 Å². The van der Waals surface area contributed by atoms with E-state index >= 15 is 0 Å².